The zero-order chi connectivity index (χ0) is 50.6. The van der Waals surface area contributed by atoms with Crippen LogP contribution in [0.2, 0.25) is 0 Å². The highest BCUT2D eigenvalue weighted by molar-refractivity contribution is 5.71. The first-order valence-electron chi connectivity index (χ1n) is 27.4. The van der Waals surface area contributed by atoms with E-state index in [4.69, 9.17) is 18.9 Å². The van der Waals surface area contributed by atoms with Gasteiger partial charge in [0.05, 0.1) is 34.4 Å². The van der Waals surface area contributed by atoms with Crippen LogP contribution in [0.1, 0.15) is 206 Å². The molecule has 0 aliphatic rings. The molecule has 0 aliphatic carbocycles. The maximum atomic E-state index is 12.8. The minimum absolute atomic E-state index is 0.176. The van der Waals surface area contributed by atoms with Gasteiger partial charge in [0.25, 0.3) is 6.29 Å². The van der Waals surface area contributed by atoms with Gasteiger partial charge in [-0.2, -0.15) is 0 Å². The van der Waals surface area contributed by atoms with Crippen molar-refractivity contribution >= 4 is 17.9 Å². The van der Waals surface area contributed by atoms with Gasteiger partial charge in [-0.15, -0.1) is 0 Å². The van der Waals surface area contributed by atoms with E-state index in [2.05, 4.69) is 111 Å². The van der Waals surface area contributed by atoms with Gasteiger partial charge in [-0.3, -0.25) is 9.59 Å². The molecule has 0 rings (SSSR count). The highest BCUT2D eigenvalue weighted by atomic mass is 16.7. The maximum absolute atomic E-state index is 12.8. The first-order valence-corrected chi connectivity index (χ1v) is 27.4. The summed E-state index contributed by atoms with van der Waals surface area (Å²) in [5.41, 5.74) is 0. The summed E-state index contributed by atoms with van der Waals surface area (Å²) in [7, 11) is 5.95. The van der Waals surface area contributed by atoms with Crippen molar-refractivity contribution in [2.45, 2.75) is 219 Å². The van der Waals surface area contributed by atoms with Gasteiger partial charge in [0.2, 0.25) is 0 Å². The zero-order valence-corrected chi connectivity index (χ0v) is 44.7. The van der Waals surface area contributed by atoms with Crippen molar-refractivity contribution in [1.29, 1.82) is 0 Å². The number of hydrogen-bond acceptors (Lipinski definition) is 7. The van der Waals surface area contributed by atoms with Crippen LogP contribution >= 0.6 is 0 Å². The van der Waals surface area contributed by atoms with E-state index in [9.17, 15) is 19.5 Å². The Bertz CT molecular complexity index is 1450. The first kappa shape index (κ1) is 65.2. The summed E-state index contributed by atoms with van der Waals surface area (Å²) in [6.07, 6.45) is 64.7. The van der Waals surface area contributed by atoms with Crippen LogP contribution in [0.4, 0.5) is 0 Å². The number of carboxylic acids is 1. The molecule has 0 fully saturated rings. The summed E-state index contributed by atoms with van der Waals surface area (Å²) in [5, 5.41) is 9.69. The van der Waals surface area contributed by atoms with E-state index >= 15 is 0 Å². The first-order chi connectivity index (χ1) is 33.6. The molecule has 0 spiro atoms. The van der Waals surface area contributed by atoms with Crippen LogP contribution in [0.25, 0.3) is 0 Å². The van der Waals surface area contributed by atoms with Crippen LogP contribution in [-0.4, -0.2) is 87.4 Å². The topological polar surface area (TPSA) is 108 Å². The van der Waals surface area contributed by atoms with E-state index in [0.29, 0.717) is 17.4 Å². The number of aliphatic carboxylic acids is 1. The summed E-state index contributed by atoms with van der Waals surface area (Å²) in [6.45, 7) is 4.71. The molecule has 394 valence electrons. The quantitative estimate of drug-likeness (QED) is 0.0211. The number of hydrogen-bond donors (Lipinski definition) is 1. The molecule has 0 aromatic carbocycles. The Labute approximate surface area is 422 Å². The predicted molar refractivity (Wildman–Crippen MR) is 290 cm³/mol. The fourth-order valence-electron chi connectivity index (χ4n) is 7.10. The molecule has 9 heteroatoms. The molecule has 0 saturated carbocycles. The molecule has 0 aromatic rings. The lowest BCUT2D eigenvalue weighted by atomic mass is 10.1. The Kier molecular flexibility index (Phi) is 47.8. The average Bonchev–Trinajstić information content (AvgIpc) is 3.31. The van der Waals surface area contributed by atoms with Crippen molar-refractivity contribution in [3.63, 3.8) is 0 Å². The number of carbonyl (C=O) groups is 3. The number of rotatable bonds is 49. The third kappa shape index (κ3) is 51.9. The molecule has 0 saturated heterocycles. The number of unbranched alkanes of at least 4 members (excludes halogenated alkanes) is 18. The third-order valence-electron chi connectivity index (χ3n) is 11.3. The number of allylic oxidation sites excluding steroid dienone is 16. The van der Waals surface area contributed by atoms with Crippen LogP contribution < -0.4 is 0 Å². The highest BCUT2D eigenvalue weighted by Gasteiger charge is 2.25. The van der Waals surface area contributed by atoms with Crippen molar-refractivity contribution in [1.82, 2.24) is 0 Å². The molecular formula is C60H102NO8+. The fraction of sp³-hybridized carbons (Fsp3) is 0.683. The molecule has 0 bridgehead atoms. The van der Waals surface area contributed by atoms with Gasteiger partial charge < -0.3 is 28.5 Å². The lowest BCUT2D eigenvalue weighted by molar-refractivity contribution is -0.870. The van der Waals surface area contributed by atoms with Gasteiger partial charge in [-0.05, 0) is 96.3 Å². The van der Waals surface area contributed by atoms with E-state index < -0.39 is 24.3 Å². The normalized spacial score (nSPS) is 13.6. The zero-order valence-electron chi connectivity index (χ0n) is 44.7. The number of ether oxygens (including phenoxy) is 4. The van der Waals surface area contributed by atoms with Gasteiger partial charge in [-0.1, -0.05) is 195 Å². The van der Waals surface area contributed by atoms with Crippen molar-refractivity contribution in [3.8, 4) is 0 Å². The molecule has 0 aliphatic heterocycles. The van der Waals surface area contributed by atoms with Crippen molar-refractivity contribution < 1.29 is 42.9 Å². The number of quaternary nitrogens is 1. The van der Waals surface area contributed by atoms with E-state index in [-0.39, 0.29) is 38.6 Å². The Hall–Kier alpha value is -3.79. The second-order valence-electron chi connectivity index (χ2n) is 19.2. The molecule has 2 atom stereocenters. The van der Waals surface area contributed by atoms with Crippen LogP contribution in [0.15, 0.2) is 97.2 Å². The van der Waals surface area contributed by atoms with Crippen LogP contribution in [0, 0.1) is 0 Å². The molecule has 69 heavy (non-hydrogen) atoms. The van der Waals surface area contributed by atoms with Gasteiger partial charge in [-0.25, -0.2) is 4.79 Å². The number of carbonyl (C=O) groups excluding carboxylic acids is 2. The molecule has 1 N–H and O–H groups in total. The van der Waals surface area contributed by atoms with Gasteiger partial charge in [0.1, 0.15) is 13.2 Å². The second-order valence-corrected chi connectivity index (χ2v) is 19.2. The Balaban J connectivity index is 4.39. The number of nitrogens with zero attached hydrogens (tertiary/aromatic N) is 1. The lowest BCUT2D eigenvalue weighted by Gasteiger charge is -2.25. The fourth-order valence-corrected chi connectivity index (χ4v) is 7.10. The Morgan fingerprint density at radius 2 is 0.826 bits per heavy atom. The minimum atomic E-state index is -1.52. The molecule has 0 amide bonds. The molecule has 0 heterocycles. The average molecular weight is 965 g/mol. The van der Waals surface area contributed by atoms with Crippen molar-refractivity contribution in [2.24, 2.45) is 0 Å². The number of carboxylic acid groups (broad SMARTS) is 1. The van der Waals surface area contributed by atoms with E-state index in [1.165, 1.54) is 83.5 Å². The molecule has 0 aromatic heterocycles. The van der Waals surface area contributed by atoms with Gasteiger partial charge in [0, 0.05) is 12.8 Å². The molecule has 2 unspecified atom stereocenters. The largest absolute Gasteiger partial charge is 0.477 e. The van der Waals surface area contributed by atoms with Crippen LogP contribution in [0.5, 0.6) is 0 Å². The lowest BCUT2D eigenvalue weighted by Crippen LogP contribution is -2.40. The van der Waals surface area contributed by atoms with Crippen LogP contribution in [-0.2, 0) is 33.3 Å². The van der Waals surface area contributed by atoms with E-state index in [0.717, 1.165) is 89.9 Å². The SMILES string of the molecule is CC/C=C\C/C=C\C/C=C\C/C=C\C/C=C\C/C=C\CCCCCCC(=O)OC(COC(=O)CCCCCCCCCCC/C=C\C/C=C\CCCCCCC)COC(OCC[N+](C)(C)C)C(=O)O. The maximum Gasteiger partial charge on any atom is 0.361 e. The van der Waals surface area contributed by atoms with E-state index in [1.807, 2.05) is 21.1 Å². The summed E-state index contributed by atoms with van der Waals surface area (Å²) < 4.78 is 22.8. The predicted octanol–water partition coefficient (Wildman–Crippen LogP) is 15.8. The summed E-state index contributed by atoms with van der Waals surface area (Å²) in [6, 6.07) is 0. The Morgan fingerprint density at radius 3 is 1.23 bits per heavy atom. The molecule has 0 radical (unpaired) electrons. The van der Waals surface area contributed by atoms with Crippen molar-refractivity contribution in [3.05, 3.63) is 97.2 Å². The summed E-state index contributed by atoms with van der Waals surface area (Å²) in [4.78, 5) is 37.4. The monoisotopic (exact) mass is 965 g/mol. The number of esters is 2. The van der Waals surface area contributed by atoms with Gasteiger partial charge >= 0.3 is 17.9 Å². The second kappa shape index (κ2) is 50.6. The highest BCUT2D eigenvalue weighted by Crippen LogP contribution is 2.14. The van der Waals surface area contributed by atoms with Crippen molar-refractivity contribution in [2.75, 3.05) is 47.5 Å². The number of likely N-dealkylation sites (N-methyl/N-ethyl adjacent to an activating group) is 1. The standard InChI is InChI=1S/C60H101NO8/c1-6-8-10-12-14-16-18-20-22-24-26-28-29-31-33-35-37-39-41-43-45-47-49-51-58(63)69-56(55-68-60(59(64)65)66-53-52-61(3,4)5)54-67-57(62)50-48-46-44-42-40-38-36-34-32-30-27-25-23-21-19-17-15-13-11-9-7-2/h8,10,14,16,19-22,25-28,31,33,37,39,56,60H,6-7,9,11-13,15,17-18,23-24,29-30,32,34-36,38,40-55H2,1-5H3/p+1/b10-8-,16-14-,21-19-,22-20-,27-25-,28-26-,33-31-,39-37-. The summed E-state index contributed by atoms with van der Waals surface area (Å²) >= 11 is 0. The minimum Gasteiger partial charge on any atom is -0.477 e. The van der Waals surface area contributed by atoms with E-state index in [1.54, 1.807) is 0 Å². The molecule has 9 nitrogen and oxygen atoms in total. The third-order valence-corrected chi connectivity index (χ3v) is 11.3. The summed E-state index contributed by atoms with van der Waals surface area (Å²) in [5.74, 6) is -2.05. The van der Waals surface area contributed by atoms with Crippen LogP contribution in [0.3, 0.4) is 0 Å². The van der Waals surface area contributed by atoms with Gasteiger partial charge in [0.15, 0.2) is 6.10 Å². The smallest absolute Gasteiger partial charge is 0.361 e. The Morgan fingerprint density at radius 1 is 0.449 bits per heavy atom. The molecular weight excluding hydrogens is 863 g/mol.